The normalized spacial score (nSPS) is 11.4. The summed E-state index contributed by atoms with van der Waals surface area (Å²) in [7, 11) is 0. The van der Waals surface area contributed by atoms with Crippen molar-refractivity contribution in [2.75, 3.05) is 6.61 Å². The lowest BCUT2D eigenvalue weighted by Crippen LogP contribution is -2.04. The molecule has 0 saturated carbocycles. The van der Waals surface area contributed by atoms with E-state index in [-0.39, 0.29) is 28.9 Å². The third kappa shape index (κ3) is 5.00. The smallest absolute Gasteiger partial charge is 0.446 e. The Morgan fingerprint density at radius 1 is 1.39 bits per heavy atom. The van der Waals surface area contributed by atoms with Crippen LogP contribution >= 0.6 is 11.8 Å². The van der Waals surface area contributed by atoms with E-state index < -0.39 is 5.51 Å². The van der Waals surface area contributed by atoms with Crippen molar-refractivity contribution >= 4 is 17.5 Å². The number of hydrogen-bond acceptors (Lipinski definition) is 3. The first-order chi connectivity index (χ1) is 8.31. The Morgan fingerprint density at radius 3 is 2.56 bits per heavy atom. The second-order valence-corrected chi connectivity index (χ2v) is 4.74. The molecule has 6 heteroatoms. The average Bonchev–Trinajstić information content (AvgIpc) is 2.19. The van der Waals surface area contributed by atoms with Gasteiger partial charge in [-0.05, 0) is 43.3 Å². The van der Waals surface area contributed by atoms with Gasteiger partial charge in [-0.1, -0.05) is 6.07 Å². The molecule has 100 valence electrons. The molecule has 0 fully saturated rings. The Kier molecular flexibility index (Phi) is 5.07. The molecule has 0 N–H and O–H groups in total. The van der Waals surface area contributed by atoms with Crippen molar-refractivity contribution in [3.8, 4) is 5.75 Å². The molecule has 0 aliphatic heterocycles. The lowest BCUT2D eigenvalue weighted by Gasteiger charge is -2.12. The van der Waals surface area contributed by atoms with Crippen molar-refractivity contribution in [1.82, 2.24) is 0 Å². The molecule has 1 aromatic rings. The largest absolute Gasteiger partial charge is 0.494 e. The highest BCUT2D eigenvalue weighted by molar-refractivity contribution is 8.00. The molecule has 0 unspecified atom stereocenters. The molecule has 0 aliphatic carbocycles. The standard InChI is InChI=1S/C12H13F3O2S/c1-3-17-10-5-4-9(6-8(2)16)11(7-10)18-12(13,14)15/h4-5,7H,3,6H2,1-2H3. The number of benzene rings is 1. The maximum absolute atomic E-state index is 12.4. The van der Waals surface area contributed by atoms with Gasteiger partial charge in [0.15, 0.2) is 0 Å². The van der Waals surface area contributed by atoms with Gasteiger partial charge in [0.2, 0.25) is 0 Å². The lowest BCUT2D eigenvalue weighted by atomic mass is 10.1. The van der Waals surface area contributed by atoms with Gasteiger partial charge in [0.05, 0.1) is 6.61 Å². The minimum absolute atomic E-state index is 0.00911. The third-order valence-corrected chi connectivity index (χ3v) is 2.85. The highest BCUT2D eigenvalue weighted by Gasteiger charge is 2.30. The topological polar surface area (TPSA) is 26.3 Å². The van der Waals surface area contributed by atoms with Gasteiger partial charge < -0.3 is 4.74 Å². The molecule has 18 heavy (non-hydrogen) atoms. The van der Waals surface area contributed by atoms with Gasteiger partial charge in [-0.25, -0.2) is 0 Å². The van der Waals surface area contributed by atoms with Crippen molar-refractivity contribution in [2.24, 2.45) is 0 Å². The number of ether oxygens (including phenoxy) is 1. The molecule has 1 aromatic carbocycles. The van der Waals surface area contributed by atoms with Crippen LogP contribution in [0.2, 0.25) is 0 Å². The molecular weight excluding hydrogens is 265 g/mol. The van der Waals surface area contributed by atoms with Crippen LogP contribution in [0.3, 0.4) is 0 Å². The van der Waals surface area contributed by atoms with E-state index in [1.54, 1.807) is 13.0 Å². The summed E-state index contributed by atoms with van der Waals surface area (Å²) in [5, 5.41) is 0. The summed E-state index contributed by atoms with van der Waals surface area (Å²) in [6, 6.07) is 4.39. The minimum Gasteiger partial charge on any atom is -0.494 e. The SMILES string of the molecule is CCOc1ccc(CC(C)=O)c(SC(F)(F)F)c1. The van der Waals surface area contributed by atoms with Crippen LogP contribution in [0.5, 0.6) is 5.75 Å². The summed E-state index contributed by atoms with van der Waals surface area (Å²) < 4.78 is 42.4. The molecule has 1 rings (SSSR count). The molecule has 0 amide bonds. The number of alkyl halides is 3. The van der Waals surface area contributed by atoms with Crippen molar-refractivity contribution < 1.29 is 22.7 Å². The first-order valence-corrected chi connectivity index (χ1v) is 6.14. The van der Waals surface area contributed by atoms with E-state index in [1.807, 2.05) is 0 Å². The van der Waals surface area contributed by atoms with Crippen molar-refractivity contribution in [3.63, 3.8) is 0 Å². The predicted molar refractivity (Wildman–Crippen MR) is 63.9 cm³/mol. The first-order valence-electron chi connectivity index (χ1n) is 5.32. The maximum Gasteiger partial charge on any atom is 0.446 e. The average molecular weight is 278 g/mol. The lowest BCUT2D eigenvalue weighted by molar-refractivity contribution is -0.116. The van der Waals surface area contributed by atoms with E-state index in [9.17, 15) is 18.0 Å². The molecule has 2 nitrogen and oxygen atoms in total. The van der Waals surface area contributed by atoms with E-state index in [2.05, 4.69) is 0 Å². The van der Waals surface area contributed by atoms with Gasteiger partial charge in [-0.3, -0.25) is 4.79 Å². The Bertz CT molecular complexity index is 430. The zero-order valence-electron chi connectivity index (χ0n) is 10.0. The number of hydrogen-bond donors (Lipinski definition) is 0. The van der Waals surface area contributed by atoms with E-state index in [4.69, 9.17) is 4.74 Å². The monoisotopic (exact) mass is 278 g/mol. The summed E-state index contributed by atoms with van der Waals surface area (Å²) in [6.07, 6.45) is -0.00911. The van der Waals surface area contributed by atoms with E-state index in [0.717, 1.165) is 0 Å². The van der Waals surface area contributed by atoms with Crippen molar-refractivity contribution in [3.05, 3.63) is 23.8 Å². The summed E-state index contributed by atoms with van der Waals surface area (Å²) >= 11 is -0.223. The molecule has 0 radical (unpaired) electrons. The van der Waals surface area contributed by atoms with Gasteiger partial charge in [-0.2, -0.15) is 13.2 Å². The van der Waals surface area contributed by atoms with Gasteiger partial charge in [-0.15, -0.1) is 0 Å². The van der Waals surface area contributed by atoms with E-state index in [0.29, 0.717) is 17.9 Å². The van der Waals surface area contributed by atoms with Crippen LogP contribution < -0.4 is 4.74 Å². The zero-order chi connectivity index (χ0) is 13.8. The summed E-state index contributed by atoms with van der Waals surface area (Å²) in [5.74, 6) is 0.194. The van der Waals surface area contributed by atoms with Gasteiger partial charge in [0.25, 0.3) is 0 Å². The van der Waals surface area contributed by atoms with Crippen LogP contribution in [0.15, 0.2) is 23.1 Å². The van der Waals surface area contributed by atoms with Crippen LogP contribution in [-0.2, 0) is 11.2 Å². The zero-order valence-corrected chi connectivity index (χ0v) is 10.8. The van der Waals surface area contributed by atoms with Crippen molar-refractivity contribution in [1.29, 1.82) is 0 Å². The van der Waals surface area contributed by atoms with Gasteiger partial charge in [0, 0.05) is 11.3 Å². The van der Waals surface area contributed by atoms with Crippen molar-refractivity contribution in [2.45, 2.75) is 30.7 Å². The summed E-state index contributed by atoms with van der Waals surface area (Å²) in [5.41, 5.74) is -4.01. The van der Waals surface area contributed by atoms with Crippen LogP contribution in [0, 0.1) is 0 Å². The molecule has 0 bridgehead atoms. The van der Waals surface area contributed by atoms with Gasteiger partial charge in [0.1, 0.15) is 11.5 Å². The quantitative estimate of drug-likeness (QED) is 0.766. The van der Waals surface area contributed by atoms with E-state index in [1.165, 1.54) is 19.1 Å². The number of carbonyl (C=O) groups is 1. The third-order valence-electron chi connectivity index (χ3n) is 2.01. The summed E-state index contributed by atoms with van der Waals surface area (Å²) in [6.45, 7) is 3.47. The molecule has 0 aromatic heterocycles. The number of halogens is 3. The molecule has 0 saturated heterocycles. The van der Waals surface area contributed by atoms with Crippen LogP contribution in [-0.4, -0.2) is 17.9 Å². The number of thioether (sulfide) groups is 1. The fourth-order valence-electron chi connectivity index (χ4n) is 1.43. The number of ketones is 1. The molecule has 0 spiro atoms. The second-order valence-electron chi connectivity index (χ2n) is 3.63. The Hall–Kier alpha value is -1.17. The highest BCUT2D eigenvalue weighted by Crippen LogP contribution is 2.40. The highest BCUT2D eigenvalue weighted by atomic mass is 32.2. The Morgan fingerprint density at radius 2 is 2.06 bits per heavy atom. The van der Waals surface area contributed by atoms with Crippen LogP contribution in [0.25, 0.3) is 0 Å². The molecule has 0 atom stereocenters. The Labute approximate surface area is 108 Å². The van der Waals surface area contributed by atoms with E-state index >= 15 is 0 Å². The molecular formula is C12H13F3O2S. The minimum atomic E-state index is -4.38. The first kappa shape index (κ1) is 14.9. The fourth-order valence-corrected chi connectivity index (χ4v) is 2.12. The second kappa shape index (κ2) is 6.13. The Balaban J connectivity index is 3.05. The number of rotatable bonds is 5. The predicted octanol–water partition coefficient (Wildman–Crippen LogP) is 3.83. The van der Waals surface area contributed by atoms with Crippen LogP contribution in [0.1, 0.15) is 19.4 Å². The van der Waals surface area contributed by atoms with Gasteiger partial charge >= 0.3 is 5.51 Å². The summed E-state index contributed by atoms with van der Waals surface area (Å²) in [4.78, 5) is 11.0. The molecule has 0 aliphatic rings. The maximum atomic E-state index is 12.4. The van der Waals surface area contributed by atoms with Crippen LogP contribution in [0.4, 0.5) is 13.2 Å². The number of Topliss-reactive ketones (excluding diaryl/α,β-unsaturated/α-hetero) is 1. The fraction of sp³-hybridized carbons (Fsp3) is 0.417. The number of carbonyl (C=O) groups excluding carboxylic acids is 1. The molecule has 0 heterocycles.